The minimum atomic E-state index is -3.31. The molecule has 0 amide bonds. The van der Waals surface area contributed by atoms with Gasteiger partial charge in [0.15, 0.2) is 0 Å². The van der Waals surface area contributed by atoms with E-state index in [0.29, 0.717) is 0 Å². The summed E-state index contributed by atoms with van der Waals surface area (Å²) in [5.41, 5.74) is 0. The first kappa shape index (κ1) is 7.39. The molecule has 0 radical (unpaired) electrons. The molecule has 0 aromatic heterocycles. The Balaban J connectivity index is 2.10. The van der Waals surface area contributed by atoms with Crippen molar-refractivity contribution in [3.05, 3.63) is 0 Å². The topological polar surface area (TPSA) is 82.1 Å². The number of aliphatic hydroxyl groups excluding tert-OH is 1. The second-order valence-corrected chi connectivity index (χ2v) is 3.76. The maximum Gasteiger partial charge on any atom is 0.489 e. The van der Waals surface area contributed by atoms with Crippen LogP contribution < -0.4 is 0 Å². The van der Waals surface area contributed by atoms with Gasteiger partial charge in [-0.15, -0.1) is 0 Å². The Bertz CT molecular complexity index is 243. The molecule has 3 aliphatic rings. The summed E-state index contributed by atoms with van der Waals surface area (Å²) in [6.07, 6.45) is -1.25. The van der Waals surface area contributed by atoms with Crippen LogP contribution in [0.2, 0.25) is 0 Å². The van der Waals surface area contributed by atoms with E-state index >= 15 is 0 Å². The normalized spacial score (nSPS) is 48.9. The zero-order valence-electron chi connectivity index (χ0n) is 5.51. The van der Waals surface area contributed by atoms with Crippen molar-refractivity contribution in [1.82, 2.24) is 0 Å². The van der Waals surface area contributed by atoms with Crippen LogP contribution in [0.4, 0.5) is 0 Å². The number of Topliss-reactive ketones (excluding diaryl/α,β-unsaturated/α-hetero) is 1. The molecule has 0 saturated carbocycles. The van der Waals surface area contributed by atoms with E-state index in [1.807, 2.05) is 0 Å². The molecule has 3 aliphatic heterocycles. The van der Waals surface area contributed by atoms with Crippen molar-refractivity contribution in [2.24, 2.45) is 0 Å². The molecular weight excluding hydrogens is 175 g/mol. The molecule has 0 aliphatic carbocycles. The van der Waals surface area contributed by atoms with Crippen molar-refractivity contribution in [3.8, 4) is 0 Å². The average Bonchev–Trinajstić information content (AvgIpc) is 1.77. The first-order chi connectivity index (χ1) is 4.98. The lowest BCUT2D eigenvalue weighted by Crippen LogP contribution is -2.64. The van der Waals surface area contributed by atoms with Gasteiger partial charge in [-0.05, 0) is 6.92 Å². The van der Waals surface area contributed by atoms with Crippen molar-refractivity contribution in [1.29, 1.82) is 0 Å². The summed E-state index contributed by atoms with van der Waals surface area (Å²) in [5, 5.41) is 8.75. The first-order valence-electron chi connectivity index (χ1n) is 2.92. The maximum atomic E-state index is 10.9. The van der Waals surface area contributed by atoms with Gasteiger partial charge >= 0.3 is 13.8 Å². The number of carbonyl (C=O) groups is 1. The van der Waals surface area contributed by atoms with Crippen LogP contribution in [0, 0.1) is 0 Å². The Morgan fingerprint density at radius 3 is 2.27 bits per heavy atom. The summed E-state index contributed by atoms with van der Waals surface area (Å²) in [6, 6.07) is 0. The zero-order valence-corrected chi connectivity index (χ0v) is 6.41. The standard InChI is InChI=1S/C4H5O6P/c1-2(5)3(6)4-8-11(7,9-4)10-4/h2,5H,1H3. The van der Waals surface area contributed by atoms with Crippen molar-refractivity contribution in [2.45, 2.75) is 19.0 Å². The molecule has 3 rings (SSSR count). The van der Waals surface area contributed by atoms with Crippen LogP contribution in [0.5, 0.6) is 0 Å². The maximum absolute atomic E-state index is 10.9. The van der Waals surface area contributed by atoms with E-state index in [0.717, 1.165) is 0 Å². The number of aliphatic hydroxyl groups is 1. The van der Waals surface area contributed by atoms with Crippen LogP contribution in [-0.4, -0.2) is 23.0 Å². The van der Waals surface area contributed by atoms with Crippen LogP contribution in [0.25, 0.3) is 0 Å². The fourth-order valence-corrected chi connectivity index (χ4v) is 2.05. The van der Waals surface area contributed by atoms with Crippen LogP contribution in [0.15, 0.2) is 0 Å². The monoisotopic (exact) mass is 180 g/mol. The average molecular weight is 180 g/mol. The van der Waals surface area contributed by atoms with E-state index in [9.17, 15) is 9.36 Å². The summed E-state index contributed by atoms with van der Waals surface area (Å²) in [7, 11) is -3.31. The number of phosphoric acid groups is 1. The van der Waals surface area contributed by atoms with E-state index in [-0.39, 0.29) is 0 Å². The Hall–Kier alpha value is -0.260. The zero-order chi connectivity index (χ0) is 8.28. The van der Waals surface area contributed by atoms with Gasteiger partial charge in [0.2, 0.25) is 0 Å². The second-order valence-electron chi connectivity index (χ2n) is 2.32. The molecule has 11 heavy (non-hydrogen) atoms. The lowest BCUT2D eigenvalue weighted by Gasteiger charge is -2.53. The Labute approximate surface area is 61.7 Å². The molecule has 6 nitrogen and oxygen atoms in total. The second kappa shape index (κ2) is 1.73. The number of carbonyl (C=O) groups excluding carboxylic acids is 1. The molecular formula is C4H5O6P. The van der Waals surface area contributed by atoms with E-state index in [4.69, 9.17) is 5.11 Å². The highest BCUT2D eigenvalue weighted by molar-refractivity contribution is 7.52. The summed E-state index contributed by atoms with van der Waals surface area (Å²) in [5.74, 6) is -2.61. The highest BCUT2D eigenvalue weighted by Crippen LogP contribution is 2.80. The molecule has 3 saturated heterocycles. The minimum Gasteiger partial charge on any atom is -0.385 e. The molecule has 62 valence electrons. The van der Waals surface area contributed by atoms with Crippen molar-refractivity contribution >= 4 is 13.6 Å². The van der Waals surface area contributed by atoms with Crippen molar-refractivity contribution in [2.75, 3.05) is 0 Å². The Morgan fingerprint density at radius 2 is 2.00 bits per heavy atom. The van der Waals surface area contributed by atoms with Gasteiger partial charge in [-0.3, -0.25) is 4.79 Å². The molecule has 2 bridgehead atoms. The van der Waals surface area contributed by atoms with Crippen molar-refractivity contribution in [3.63, 3.8) is 0 Å². The van der Waals surface area contributed by atoms with E-state index in [1.165, 1.54) is 6.92 Å². The van der Waals surface area contributed by atoms with E-state index in [2.05, 4.69) is 13.6 Å². The summed E-state index contributed by atoms with van der Waals surface area (Å²) in [4.78, 5) is 10.9. The molecule has 1 N–H and O–H groups in total. The smallest absolute Gasteiger partial charge is 0.385 e. The molecule has 7 heteroatoms. The minimum absolute atomic E-state index is 0.768. The third-order valence-corrected chi connectivity index (χ3v) is 2.77. The van der Waals surface area contributed by atoms with Crippen LogP contribution in [0.3, 0.4) is 0 Å². The number of phosphoric ester groups is 1. The summed E-state index contributed by atoms with van der Waals surface area (Å²) in [6.45, 7) is 1.24. The van der Waals surface area contributed by atoms with Gasteiger partial charge in [0.25, 0.3) is 5.78 Å². The molecule has 3 fully saturated rings. The molecule has 0 aromatic carbocycles. The van der Waals surface area contributed by atoms with Gasteiger partial charge in [0.05, 0.1) is 0 Å². The van der Waals surface area contributed by atoms with Gasteiger partial charge in [-0.25, -0.2) is 18.1 Å². The third-order valence-electron chi connectivity index (χ3n) is 1.38. The van der Waals surface area contributed by atoms with Gasteiger partial charge < -0.3 is 5.11 Å². The van der Waals surface area contributed by atoms with Crippen molar-refractivity contribution < 1.29 is 28.0 Å². The first-order valence-corrected chi connectivity index (χ1v) is 4.38. The highest BCUT2D eigenvalue weighted by atomic mass is 31.2. The fraction of sp³-hybridized carbons (Fsp3) is 0.750. The number of rotatable bonds is 2. The van der Waals surface area contributed by atoms with Gasteiger partial charge in [0.1, 0.15) is 6.10 Å². The lowest BCUT2D eigenvalue weighted by molar-refractivity contribution is -0.400. The molecule has 1 atom stereocenters. The number of hydrogen-bond acceptors (Lipinski definition) is 6. The fourth-order valence-electron chi connectivity index (χ4n) is 0.853. The summed E-state index contributed by atoms with van der Waals surface area (Å²) >= 11 is 0. The SMILES string of the molecule is CC(O)C(=O)C12OP(=O)(O1)O2. The molecule has 1 unspecified atom stereocenters. The quantitative estimate of drug-likeness (QED) is 0.591. The number of ketones is 1. The van der Waals surface area contributed by atoms with Crippen LogP contribution in [-0.2, 0) is 22.9 Å². The predicted molar refractivity (Wildman–Crippen MR) is 30.3 cm³/mol. The van der Waals surface area contributed by atoms with Crippen LogP contribution >= 0.6 is 7.82 Å². The number of hydrogen-bond donors (Lipinski definition) is 1. The van der Waals surface area contributed by atoms with E-state index in [1.54, 1.807) is 0 Å². The summed E-state index contributed by atoms with van der Waals surface area (Å²) < 4.78 is 23.9. The Kier molecular flexibility index (Phi) is 1.16. The van der Waals surface area contributed by atoms with Gasteiger partial charge in [-0.2, -0.15) is 0 Å². The Morgan fingerprint density at radius 1 is 1.55 bits per heavy atom. The predicted octanol–water partition coefficient (Wildman–Crippen LogP) is -0.225. The molecule has 3 heterocycles. The molecule has 0 aromatic rings. The van der Waals surface area contributed by atoms with Crippen LogP contribution in [0.1, 0.15) is 6.92 Å². The van der Waals surface area contributed by atoms with Gasteiger partial charge in [0, 0.05) is 0 Å². The van der Waals surface area contributed by atoms with Gasteiger partial charge in [-0.1, -0.05) is 0 Å². The lowest BCUT2D eigenvalue weighted by atomic mass is 10.2. The largest absolute Gasteiger partial charge is 0.489 e. The third kappa shape index (κ3) is 0.758. The highest BCUT2D eigenvalue weighted by Gasteiger charge is 2.79. The molecule has 0 spiro atoms. The van der Waals surface area contributed by atoms with E-state index < -0.39 is 25.7 Å².